The highest BCUT2D eigenvalue weighted by Gasteiger charge is 2.14. The predicted octanol–water partition coefficient (Wildman–Crippen LogP) is 3.47. The van der Waals surface area contributed by atoms with Gasteiger partial charge in [-0.2, -0.15) is 0 Å². The van der Waals surface area contributed by atoms with E-state index >= 15 is 0 Å². The van der Waals surface area contributed by atoms with Crippen molar-refractivity contribution in [1.29, 1.82) is 0 Å². The summed E-state index contributed by atoms with van der Waals surface area (Å²) in [7, 11) is 0. The van der Waals surface area contributed by atoms with Crippen molar-refractivity contribution in [1.82, 2.24) is 0 Å². The molecule has 1 heterocycles. The molecule has 0 unspecified atom stereocenters. The third kappa shape index (κ3) is 2.31. The molecule has 3 rings (SSSR count). The Hall–Kier alpha value is -2.88. The number of fused-ring (bicyclic) bond motifs is 1. The predicted molar refractivity (Wildman–Crippen MR) is 79.6 cm³/mol. The molecule has 4 nitrogen and oxygen atoms in total. The molecule has 3 aromatic rings. The van der Waals surface area contributed by atoms with E-state index in [4.69, 9.17) is 4.42 Å². The van der Waals surface area contributed by atoms with Crippen molar-refractivity contribution < 1.29 is 14.3 Å². The van der Waals surface area contributed by atoms with Crippen molar-refractivity contribution in [2.75, 3.05) is 0 Å². The summed E-state index contributed by atoms with van der Waals surface area (Å²) in [4.78, 5) is 23.4. The summed E-state index contributed by atoms with van der Waals surface area (Å²) >= 11 is 0. The number of hydrogen-bond acceptors (Lipinski definition) is 3. The quantitative estimate of drug-likeness (QED) is 0.780. The van der Waals surface area contributed by atoms with E-state index in [2.05, 4.69) is 0 Å². The molecule has 21 heavy (non-hydrogen) atoms. The van der Waals surface area contributed by atoms with Crippen molar-refractivity contribution in [2.24, 2.45) is 0 Å². The number of aryl methyl sites for hydroxylation is 1. The lowest BCUT2D eigenvalue weighted by Crippen LogP contribution is -2.03. The fourth-order valence-corrected chi connectivity index (χ4v) is 2.28. The molecule has 0 bridgehead atoms. The molecule has 0 spiro atoms. The number of aromatic carboxylic acids is 1. The average Bonchev–Trinajstić information content (AvgIpc) is 2.46. The fraction of sp³-hybridized carbons (Fsp3) is 0.0588. The molecule has 0 aliphatic rings. The van der Waals surface area contributed by atoms with Gasteiger partial charge in [0.05, 0.1) is 10.9 Å². The summed E-state index contributed by atoms with van der Waals surface area (Å²) < 4.78 is 5.74. The van der Waals surface area contributed by atoms with Crippen LogP contribution in [0.4, 0.5) is 0 Å². The largest absolute Gasteiger partial charge is 0.478 e. The molecule has 0 aliphatic carbocycles. The Morgan fingerprint density at radius 2 is 1.86 bits per heavy atom. The van der Waals surface area contributed by atoms with Crippen LogP contribution < -0.4 is 5.43 Å². The van der Waals surface area contributed by atoms with Gasteiger partial charge in [0, 0.05) is 11.6 Å². The lowest BCUT2D eigenvalue weighted by atomic mass is 10.0. The first-order valence-electron chi connectivity index (χ1n) is 6.43. The summed E-state index contributed by atoms with van der Waals surface area (Å²) in [5.74, 6) is -0.798. The minimum absolute atomic E-state index is 0.104. The van der Waals surface area contributed by atoms with Crippen LogP contribution in [0, 0.1) is 6.92 Å². The first-order valence-corrected chi connectivity index (χ1v) is 6.43. The van der Waals surface area contributed by atoms with Gasteiger partial charge in [-0.05, 0) is 30.7 Å². The Morgan fingerprint density at radius 1 is 1.10 bits per heavy atom. The van der Waals surface area contributed by atoms with Gasteiger partial charge < -0.3 is 9.52 Å². The molecule has 104 valence electrons. The van der Waals surface area contributed by atoms with Crippen LogP contribution in [0.15, 0.2) is 57.7 Å². The van der Waals surface area contributed by atoms with Gasteiger partial charge in [0.1, 0.15) is 11.3 Å². The monoisotopic (exact) mass is 280 g/mol. The van der Waals surface area contributed by atoms with Gasteiger partial charge in [0.2, 0.25) is 0 Å². The van der Waals surface area contributed by atoms with Crippen LogP contribution in [0.3, 0.4) is 0 Å². The van der Waals surface area contributed by atoms with Crippen molar-refractivity contribution >= 4 is 16.9 Å². The van der Waals surface area contributed by atoms with E-state index in [1.165, 1.54) is 12.1 Å². The van der Waals surface area contributed by atoms with Gasteiger partial charge in [0.15, 0.2) is 5.43 Å². The Kier molecular flexibility index (Phi) is 3.06. The molecule has 0 atom stereocenters. The summed E-state index contributed by atoms with van der Waals surface area (Å²) in [5.41, 5.74) is 1.73. The van der Waals surface area contributed by atoms with E-state index in [9.17, 15) is 14.7 Å². The molecule has 2 aromatic carbocycles. The molecule has 0 saturated heterocycles. The Bertz CT molecular complexity index is 906. The maximum atomic E-state index is 12.2. The summed E-state index contributed by atoms with van der Waals surface area (Å²) in [6.45, 7) is 1.90. The smallest absolute Gasteiger partial charge is 0.336 e. The lowest BCUT2D eigenvalue weighted by Gasteiger charge is -2.06. The maximum Gasteiger partial charge on any atom is 0.336 e. The molecule has 0 radical (unpaired) electrons. The first-order chi connectivity index (χ1) is 10.1. The summed E-state index contributed by atoms with van der Waals surface area (Å²) in [6, 6.07) is 13.1. The number of hydrogen-bond donors (Lipinski definition) is 1. The standard InChI is InChI=1S/C17H12O4/c1-10-6-7-13-14(18)9-16(21-15(13)8-10)11-4-2-3-5-12(11)17(19)20/h2-9H,1H3,(H,19,20). The van der Waals surface area contributed by atoms with E-state index in [0.29, 0.717) is 16.5 Å². The number of carboxylic acids is 1. The van der Waals surface area contributed by atoms with Crippen LogP contribution in [-0.4, -0.2) is 11.1 Å². The highest BCUT2D eigenvalue weighted by molar-refractivity contribution is 5.95. The van der Waals surface area contributed by atoms with Gasteiger partial charge in [0.25, 0.3) is 0 Å². The second kappa shape index (κ2) is 4.90. The molecule has 1 N–H and O–H groups in total. The van der Waals surface area contributed by atoms with Gasteiger partial charge in [-0.25, -0.2) is 4.79 Å². The van der Waals surface area contributed by atoms with Crippen molar-refractivity contribution in [3.8, 4) is 11.3 Å². The van der Waals surface area contributed by atoms with E-state index in [1.807, 2.05) is 13.0 Å². The number of benzene rings is 2. The Balaban J connectivity index is 2.31. The van der Waals surface area contributed by atoms with Crippen LogP contribution in [0.5, 0.6) is 0 Å². The van der Waals surface area contributed by atoms with Crippen LogP contribution in [0.25, 0.3) is 22.3 Å². The molecule has 0 saturated carbocycles. The van der Waals surface area contributed by atoms with Gasteiger partial charge in [-0.15, -0.1) is 0 Å². The zero-order valence-corrected chi connectivity index (χ0v) is 11.3. The van der Waals surface area contributed by atoms with Crippen LogP contribution in [0.2, 0.25) is 0 Å². The zero-order valence-electron chi connectivity index (χ0n) is 11.3. The molecule has 0 fully saturated rings. The maximum absolute atomic E-state index is 12.2. The van der Waals surface area contributed by atoms with Crippen LogP contribution >= 0.6 is 0 Å². The molecule has 1 aromatic heterocycles. The zero-order chi connectivity index (χ0) is 15.0. The Labute approximate surface area is 120 Å². The molecular formula is C17H12O4. The van der Waals surface area contributed by atoms with E-state index < -0.39 is 5.97 Å². The third-order valence-electron chi connectivity index (χ3n) is 3.31. The van der Waals surface area contributed by atoms with E-state index in [-0.39, 0.29) is 16.8 Å². The second-order valence-corrected chi connectivity index (χ2v) is 4.83. The highest BCUT2D eigenvalue weighted by atomic mass is 16.4. The molecule has 4 heteroatoms. The van der Waals surface area contributed by atoms with Crippen molar-refractivity contribution in [3.05, 3.63) is 69.9 Å². The fourth-order valence-electron chi connectivity index (χ4n) is 2.28. The lowest BCUT2D eigenvalue weighted by molar-refractivity contribution is 0.0697. The summed E-state index contributed by atoms with van der Waals surface area (Å²) in [6.07, 6.45) is 0. The normalized spacial score (nSPS) is 10.7. The third-order valence-corrected chi connectivity index (χ3v) is 3.31. The molecular weight excluding hydrogens is 268 g/mol. The van der Waals surface area contributed by atoms with Crippen molar-refractivity contribution in [3.63, 3.8) is 0 Å². The van der Waals surface area contributed by atoms with E-state index in [1.54, 1.807) is 30.3 Å². The van der Waals surface area contributed by atoms with Gasteiger partial charge in [-0.1, -0.05) is 24.3 Å². The van der Waals surface area contributed by atoms with Crippen LogP contribution in [-0.2, 0) is 0 Å². The Morgan fingerprint density at radius 3 is 2.62 bits per heavy atom. The van der Waals surface area contributed by atoms with Crippen molar-refractivity contribution in [2.45, 2.75) is 6.92 Å². The number of carboxylic acid groups (broad SMARTS) is 1. The van der Waals surface area contributed by atoms with Crippen LogP contribution in [0.1, 0.15) is 15.9 Å². The minimum atomic E-state index is -1.06. The first kappa shape index (κ1) is 13.1. The SMILES string of the molecule is Cc1ccc2c(=O)cc(-c3ccccc3C(=O)O)oc2c1. The topological polar surface area (TPSA) is 67.5 Å². The molecule has 0 amide bonds. The average molecular weight is 280 g/mol. The second-order valence-electron chi connectivity index (χ2n) is 4.83. The minimum Gasteiger partial charge on any atom is -0.478 e. The summed E-state index contributed by atoms with van der Waals surface area (Å²) in [5, 5.41) is 9.72. The number of rotatable bonds is 2. The molecule has 0 aliphatic heterocycles. The highest BCUT2D eigenvalue weighted by Crippen LogP contribution is 2.25. The van der Waals surface area contributed by atoms with E-state index in [0.717, 1.165) is 5.56 Å². The number of carbonyl (C=O) groups is 1. The van der Waals surface area contributed by atoms with Gasteiger partial charge >= 0.3 is 5.97 Å². The van der Waals surface area contributed by atoms with Gasteiger partial charge in [-0.3, -0.25) is 4.79 Å².